The van der Waals surface area contributed by atoms with Crippen molar-refractivity contribution in [3.05, 3.63) is 53.1 Å². The van der Waals surface area contributed by atoms with Crippen LogP contribution in [-0.2, 0) is 0 Å². The van der Waals surface area contributed by atoms with Crippen molar-refractivity contribution < 1.29 is 0 Å². The molecule has 3 rings (SSSR count). The SMILES string of the molecule is N#CC1=CC2c3ccccc3C=CC12. The molecule has 2 aliphatic carbocycles. The zero-order chi connectivity index (χ0) is 9.54. The van der Waals surface area contributed by atoms with Crippen molar-refractivity contribution in [2.24, 2.45) is 5.92 Å². The molecular weight excluding hydrogens is 170 g/mol. The first-order chi connectivity index (χ1) is 6.90. The highest BCUT2D eigenvalue weighted by atomic mass is 14.4. The van der Waals surface area contributed by atoms with E-state index in [0.717, 1.165) is 5.57 Å². The van der Waals surface area contributed by atoms with Crippen LogP contribution in [0.2, 0.25) is 0 Å². The first-order valence-corrected chi connectivity index (χ1v) is 4.79. The molecule has 0 spiro atoms. The van der Waals surface area contributed by atoms with Gasteiger partial charge in [-0.15, -0.1) is 0 Å². The van der Waals surface area contributed by atoms with Crippen molar-refractivity contribution in [2.45, 2.75) is 5.92 Å². The van der Waals surface area contributed by atoms with Gasteiger partial charge in [0, 0.05) is 17.4 Å². The third-order valence-corrected chi connectivity index (χ3v) is 3.07. The molecule has 2 unspecified atom stereocenters. The van der Waals surface area contributed by atoms with Gasteiger partial charge in [-0.3, -0.25) is 0 Å². The molecule has 0 amide bonds. The number of nitrogens with zero attached hydrogens (tertiary/aromatic N) is 1. The van der Waals surface area contributed by atoms with Crippen molar-refractivity contribution in [3.63, 3.8) is 0 Å². The number of benzene rings is 1. The van der Waals surface area contributed by atoms with E-state index in [4.69, 9.17) is 5.26 Å². The van der Waals surface area contributed by atoms with Gasteiger partial charge in [0.15, 0.2) is 0 Å². The van der Waals surface area contributed by atoms with Gasteiger partial charge in [-0.05, 0) is 11.1 Å². The average molecular weight is 179 g/mol. The molecule has 14 heavy (non-hydrogen) atoms. The fourth-order valence-electron chi connectivity index (χ4n) is 2.28. The summed E-state index contributed by atoms with van der Waals surface area (Å²) in [6.45, 7) is 0. The van der Waals surface area contributed by atoms with Crippen LogP contribution >= 0.6 is 0 Å². The van der Waals surface area contributed by atoms with Crippen molar-refractivity contribution in [1.82, 2.24) is 0 Å². The zero-order valence-corrected chi connectivity index (χ0v) is 7.64. The minimum absolute atomic E-state index is 0.342. The van der Waals surface area contributed by atoms with Crippen LogP contribution in [0.3, 0.4) is 0 Å². The average Bonchev–Trinajstić information content (AvgIpc) is 2.19. The normalized spacial score (nSPS) is 26.6. The highest BCUT2D eigenvalue weighted by Gasteiger charge is 2.34. The Balaban J connectivity index is 2.13. The van der Waals surface area contributed by atoms with Crippen LogP contribution in [0.5, 0.6) is 0 Å². The van der Waals surface area contributed by atoms with Crippen LogP contribution < -0.4 is 0 Å². The number of nitriles is 1. The maximum Gasteiger partial charge on any atom is 0.0950 e. The molecule has 0 aliphatic heterocycles. The summed E-state index contributed by atoms with van der Waals surface area (Å²) in [6, 6.07) is 10.6. The van der Waals surface area contributed by atoms with E-state index in [1.807, 2.05) is 0 Å². The molecule has 2 atom stereocenters. The van der Waals surface area contributed by atoms with Gasteiger partial charge in [0.05, 0.1) is 6.07 Å². The van der Waals surface area contributed by atoms with E-state index in [1.165, 1.54) is 11.1 Å². The van der Waals surface area contributed by atoms with E-state index in [2.05, 4.69) is 48.6 Å². The topological polar surface area (TPSA) is 23.8 Å². The summed E-state index contributed by atoms with van der Waals surface area (Å²) in [5.74, 6) is 0.792. The highest BCUT2D eigenvalue weighted by Crippen LogP contribution is 2.46. The quantitative estimate of drug-likeness (QED) is 0.600. The van der Waals surface area contributed by atoms with Gasteiger partial charge in [-0.2, -0.15) is 5.26 Å². The molecule has 0 N–H and O–H groups in total. The number of hydrogen-bond acceptors (Lipinski definition) is 1. The predicted octanol–water partition coefficient (Wildman–Crippen LogP) is 2.88. The van der Waals surface area contributed by atoms with E-state index in [1.54, 1.807) is 0 Å². The van der Waals surface area contributed by atoms with E-state index < -0.39 is 0 Å². The van der Waals surface area contributed by atoms with Gasteiger partial charge >= 0.3 is 0 Å². The molecule has 0 bridgehead atoms. The molecule has 0 aromatic heterocycles. The summed E-state index contributed by atoms with van der Waals surface area (Å²) in [7, 11) is 0. The Kier molecular flexibility index (Phi) is 1.40. The van der Waals surface area contributed by atoms with E-state index in [9.17, 15) is 0 Å². The van der Waals surface area contributed by atoms with Gasteiger partial charge in [-0.25, -0.2) is 0 Å². The monoisotopic (exact) mass is 179 g/mol. The van der Waals surface area contributed by atoms with Crippen LogP contribution in [0.15, 0.2) is 42.0 Å². The second-order valence-electron chi connectivity index (χ2n) is 3.77. The molecule has 0 heterocycles. The largest absolute Gasteiger partial charge is 0.193 e. The van der Waals surface area contributed by atoms with Crippen LogP contribution in [0, 0.1) is 17.2 Å². The van der Waals surface area contributed by atoms with Crippen molar-refractivity contribution in [2.75, 3.05) is 0 Å². The maximum absolute atomic E-state index is 8.82. The second kappa shape index (κ2) is 2.59. The van der Waals surface area contributed by atoms with Crippen molar-refractivity contribution in [3.8, 4) is 6.07 Å². The van der Waals surface area contributed by atoms with Gasteiger partial charge in [0.2, 0.25) is 0 Å². The zero-order valence-electron chi connectivity index (χ0n) is 7.64. The standard InChI is InChI=1S/C13H9N/c14-8-10-7-13-11-4-2-1-3-9(11)5-6-12(10)13/h1-7,12-13H. The first-order valence-electron chi connectivity index (χ1n) is 4.79. The van der Waals surface area contributed by atoms with E-state index in [-0.39, 0.29) is 0 Å². The number of allylic oxidation sites excluding steroid dienone is 3. The minimum Gasteiger partial charge on any atom is -0.193 e. The molecule has 1 aromatic rings. The molecule has 0 saturated heterocycles. The number of rotatable bonds is 0. The van der Waals surface area contributed by atoms with Crippen LogP contribution in [-0.4, -0.2) is 0 Å². The molecule has 0 fully saturated rings. The number of hydrogen-bond donors (Lipinski definition) is 0. The maximum atomic E-state index is 8.82. The Morgan fingerprint density at radius 3 is 2.86 bits per heavy atom. The van der Waals surface area contributed by atoms with E-state index >= 15 is 0 Å². The molecule has 1 nitrogen and oxygen atoms in total. The summed E-state index contributed by atoms with van der Waals surface area (Å²) < 4.78 is 0. The number of fused-ring (bicyclic) bond motifs is 3. The van der Waals surface area contributed by atoms with Gasteiger partial charge in [0.25, 0.3) is 0 Å². The fourth-order valence-corrected chi connectivity index (χ4v) is 2.28. The first kappa shape index (κ1) is 7.58. The summed E-state index contributed by atoms with van der Waals surface area (Å²) in [6.07, 6.45) is 6.35. The lowest BCUT2D eigenvalue weighted by Gasteiger charge is -2.34. The smallest absolute Gasteiger partial charge is 0.0950 e. The molecule has 2 aliphatic rings. The molecule has 0 radical (unpaired) electrons. The minimum atomic E-state index is 0.342. The van der Waals surface area contributed by atoms with Crippen LogP contribution in [0.25, 0.3) is 6.08 Å². The van der Waals surface area contributed by atoms with Crippen LogP contribution in [0.1, 0.15) is 17.0 Å². The highest BCUT2D eigenvalue weighted by molar-refractivity contribution is 5.64. The predicted molar refractivity (Wildman–Crippen MR) is 55.4 cm³/mol. The summed E-state index contributed by atoms with van der Waals surface area (Å²) in [4.78, 5) is 0. The fraction of sp³-hybridized carbons (Fsp3) is 0.154. The summed E-state index contributed by atoms with van der Waals surface area (Å²) in [5, 5.41) is 8.82. The van der Waals surface area contributed by atoms with Crippen molar-refractivity contribution in [1.29, 1.82) is 5.26 Å². The summed E-state index contributed by atoms with van der Waals surface area (Å²) >= 11 is 0. The van der Waals surface area contributed by atoms with Gasteiger partial charge in [-0.1, -0.05) is 42.5 Å². The lowest BCUT2D eigenvalue weighted by Crippen LogP contribution is -2.23. The Morgan fingerprint density at radius 2 is 2.00 bits per heavy atom. The second-order valence-corrected chi connectivity index (χ2v) is 3.77. The van der Waals surface area contributed by atoms with Crippen LogP contribution in [0.4, 0.5) is 0 Å². The molecule has 66 valence electrons. The van der Waals surface area contributed by atoms with Gasteiger partial charge < -0.3 is 0 Å². The lowest BCUT2D eigenvalue weighted by atomic mass is 9.68. The Bertz CT molecular complexity index is 488. The van der Waals surface area contributed by atoms with E-state index in [0.29, 0.717) is 11.8 Å². The lowest BCUT2D eigenvalue weighted by molar-refractivity contribution is 0.608. The molecule has 1 aromatic carbocycles. The molecule has 0 saturated carbocycles. The molecular formula is C13H9N. The Hall–Kier alpha value is -1.81. The van der Waals surface area contributed by atoms with Gasteiger partial charge in [0.1, 0.15) is 0 Å². The third kappa shape index (κ3) is 0.831. The Labute approximate surface area is 83.0 Å². The third-order valence-electron chi connectivity index (χ3n) is 3.07. The summed E-state index contributed by atoms with van der Waals surface area (Å²) in [5.41, 5.74) is 3.57. The Morgan fingerprint density at radius 1 is 1.14 bits per heavy atom. The molecule has 1 heteroatoms. The van der Waals surface area contributed by atoms with Crippen molar-refractivity contribution >= 4 is 6.08 Å².